The number of benzene rings is 2. The molecule has 0 bridgehead atoms. The number of aromatic hydroxyl groups is 1. The number of hydrogen-bond acceptors (Lipinski definition) is 5. The number of phenolic OH excluding ortho intramolecular Hbond substituents is 1. The fourth-order valence-corrected chi connectivity index (χ4v) is 3.58. The van der Waals surface area contributed by atoms with Gasteiger partial charge in [-0.05, 0) is 42.5 Å². The molecule has 0 fully saturated rings. The lowest BCUT2D eigenvalue weighted by Crippen LogP contribution is -2.01. The highest BCUT2D eigenvalue weighted by Gasteiger charge is 2.18. The summed E-state index contributed by atoms with van der Waals surface area (Å²) in [5.41, 5.74) is 1.43. The van der Waals surface area contributed by atoms with Gasteiger partial charge in [0.25, 0.3) is 0 Å². The van der Waals surface area contributed by atoms with Crippen LogP contribution < -0.4 is 0 Å². The van der Waals surface area contributed by atoms with E-state index in [4.69, 9.17) is 5.11 Å². The van der Waals surface area contributed by atoms with Crippen LogP contribution >= 0.6 is 15.9 Å². The summed E-state index contributed by atoms with van der Waals surface area (Å²) in [6, 6.07) is 12.4. The van der Waals surface area contributed by atoms with Crippen molar-refractivity contribution in [2.75, 3.05) is 0 Å². The first-order valence-electron chi connectivity index (χ1n) is 8.05. The third-order valence-electron chi connectivity index (χ3n) is 4.31. The molecule has 7 nitrogen and oxygen atoms in total. The minimum atomic E-state index is -1.16. The Kier molecular flexibility index (Phi) is 4.20. The number of halogens is 1. The Bertz CT molecular complexity index is 1300. The van der Waals surface area contributed by atoms with Crippen LogP contribution in [0.25, 0.3) is 32.9 Å². The highest BCUT2D eigenvalue weighted by atomic mass is 79.9. The summed E-state index contributed by atoms with van der Waals surface area (Å²) in [5.74, 6) is -2.37. The number of aromatic nitrogens is 2. The van der Waals surface area contributed by atoms with E-state index in [-0.39, 0.29) is 17.1 Å². The van der Waals surface area contributed by atoms with E-state index in [1.165, 1.54) is 24.3 Å². The van der Waals surface area contributed by atoms with Crippen molar-refractivity contribution in [1.29, 1.82) is 0 Å². The summed E-state index contributed by atoms with van der Waals surface area (Å²) in [6.45, 7) is 0. The van der Waals surface area contributed by atoms with Crippen LogP contribution in [0.15, 0.2) is 53.0 Å². The maximum Gasteiger partial charge on any atom is 0.354 e. The van der Waals surface area contributed by atoms with Gasteiger partial charge in [0.2, 0.25) is 0 Å². The van der Waals surface area contributed by atoms with Crippen LogP contribution in [0.3, 0.4) is 0 Å². The van der Waals surface area contributed by atoms with Crippen molar-refractivity contribution in [3.05, 3.63) is 64.4 Å². The fourth-order valence-electron chi connectivity index (χ4n) is 3.10. The Balaban J connectivity index is 2.11. The maximum atomic E-state index is 11.4. The fraction of sp³-hybridized carbons (Fsp3) is 0. The van der Waals surface area contributed by atoms with E-state index in [2.05, 4.69) is 25.9 Å². The molecule has 2 heterocycles. The van der Waals surface area contributed by atoms with Gasteiger partial charge in [-0.3, -0.25) is 0 Å². The molecule has 0 radical (unpaired) electrons. The predicted molar refractivity (Wildman–Crippen MR) is 106 cm³/mol. The molecule has 4 rings (SSSR count). The van der Waals surface area contributed by atoms with Crippen molar-refractivity contribution in [1.82, 2.24) is 9.97 Å². The molecule has 0 aliphatic carbocycles. The smallest absolute Gasteiger partial charge is 0.354 e. The van der Waals surface area contributed by atoms with Crippen LogP contribution in [0.5, 0.6) is 5.75 Å². The first-order valence-corrected chi connectivity index (χ1v) is 8.84. The van der Waals surface area contributed by atoms with E-state index in [0.29, 0.717) is 37.4 Å². The number of rotatable bonds is 3. The molecule has 2 aromatic heterocycles. The Labute approximate surface area is 166 Å². The lowest BCUT2D eigenvalue weighted by Gasteiger charge is -2.13. The van der Waals surface area contributed by atoms with Gasteiger partial charge in [-0.15, -0.1) is 0 Å². The summed E-state index contributed by atoms with van der Waals surface area (Å²) < 4.78 is 0.714. The highest BCUT2D eigenvalue weighted by Crippen LogP contribution is 2.40. The quantitative estimate of drug-likeness (QED) is 0.435. The van der Waals surface area contributed by atoms with Crippen LogP contribution in [0.2, 0.25) is 0 Å². The van der Waals surface area contributed by atoms with Gasteiger partial charge in [0.05, 0.1) is 11.0 Å². The number of carbonyl (C=O) groups is 2. The highest BCUT2D eigenvalue weighted by molar-refractivity contribution is 9.10. The van der Waals surface area contributed by atoms with E-state index in [1.54, 1.807) is 24.3 Å². The minimum absolute atomic E-state index is 0.0562. The van der Waals surface area contributed by atoms with Crippen LogP contribution in [-0.4, -0.2) is 37.2 Å². The van der Waals surface area contributed by atoms with E-state index in [0.717, 1.165) is 0 Å². The van der Waals surface area contributed by atoms with E-state index in [9.17, 15) is 19.8 Å². The molecule has 0 aliphatic heterocycles. The molecule has 4 aromatic rings. The molecule has 0 aliphatic rings. The van der Waals surface area contributed by atoms with Crippen LogP contribution in [0, 0.1) is 0 Å². The molecular formula is C20H11BrN2O5. The first kappa shape index (κ1) is 17.9. The Morgan fingerprint density at radius 1 is 0.857 bits per heavy atom. The summed E-state index contributed by atoms with van der Waals surface area (Å²) in [4.78, 5) is 30.9. The third-order valence-corrected chi connectivity index (χ3v) is 4.77. The molecule has 0 unspecified atom stereocenters. The van der Waals surface area contributed by atoms with Gasteiger partial charge in [0.15, 0.2) is 0 Å². The van der Waals surface area contributed by atoms with Gasteiger partial charge < -0.3 is 15.3 Å². The molecule has 0 saturated heterocycles. The van der Waals surface area contributed by atoms with Crippen molar-refractivity contribution < 1.29 is 24.9 Å². The summed E-state index contributed by atoms with van der Waals surface area (Å²) >= 11 is 3.43. The second-order valence-corrected chi connectivity index (χ2v) is 6.97. The second-order valence-electron chi connectivity index (χ2n) is 6.05. The molecule has 28 heavy (non-hydrogen) atoms. The Morgan fingerprint density at radius 2 is 1.54 bits per heavy atom. The SMILES string of the molecule is O=C(O)c1ccc2c(-c3cc(Br)cc4ccc(C(=O)O)nc34)c(O)ccc2n1. The first-order chi connectivity index (χ1) is 13.3. The minimum Gasteiger partial charge on any atom is -0.507 e. The largest absolute Gasteiger partial charge is 0.507 e. The van der Waals surface area contributed by atoms with Gasteiger partial charge in [-0.2, -0.15) is 0 Å². The van der Waals surface area contributed by atoms with E-state index in [1.807, 2.05) is 0 Å². The van der Waals surface area contributed by atoms with Crippen LogP contribution in [-0.2, 0) is 0 Å². The van der Waals surface area contributed by atoms with Crippen molar-refractivity contribution >= 4 is 49.7 Å². The van der Waals surface area contributed by atoms with Gasteiger partial charge >= 0.3 is 11.9 Å². The normalized spacial score (nSPS) is 11.0. The Hall–Kier alpha value is -3.52. The molecule has 138 valence electrons. The summed E-state index contributed by atoms with van der Waals surface area (Å²) in [7, 11) is 0. The predicted octanol–water partition coefficient (Wildman–Crippen LogP) is 4.31. The van der Waals surface area contributed by atoms with Gasteiger partial charge in [0.1, 0.15) is 17.1 Å². The van der Waals surface area contributed by atoms with E-state index >= 15 is 0 Å². The number of hydrogen-bond donors (Lipinski definition) is 3. The third kappa shape index (κ3) is 2.93. The number of phenols is 1. The van der Waals surface area contributed by atoms with E-state index < -0.39 is 11.9 Å². The number of nitrogens with zero attached hydrogens (tertiary/aromatic N) is 2. The zero-order valence-corrected chi connectivity index (χ0v) is 15.6. The molecule has 2 aromatic carbocycles. The molecule has 8 heteroatoms. The molecule has 0 saturated carbocycles. The second kappa shape index (κ2) is 6.58. The topological polar surface area (TPSA) is 121 Å². The lowest BCUT2D eigenvalue weighted by molar-refractivity contribution is 0.0680. The van der Waals surface area contributed by atoms with Gasteiger partial charge in [-0.1, -0.05) is 22.0 Å². The number of carboxylic acid groups (broad SMARTS) is 2. The van der Waals surface area contributed by atoms with Crippen molar-refractivity contribution in [3.8, 4) is 16.9 Å². The van der Waals surface area contributed by atoms with Crippen molar-refractivity contribution in [2.24, 2.45) is 0 Å². The monoisotopic (exact) mass is 438 g/mol. The van der Waals surface area contributed by atoms with Gasteiger partial charge in [0, 0.05) is 26.4 Å². The zero-order valence-electron chi connectivity index (χ0n) is 14.0. The van der Waals surface area contributed by atoms with Crippen molar-refractivity contribution in [3.63, 3.8) is 0 Å². The Morgan fingerprint density at radius 3 is 2.25 bits per heavy atom. The lowest BCUT2D eigenvalue weighted by atomic mass is 9.96. The average molecular weight is 439 g/mol. The number of fused-ring (bicyclic) bond motifs is 2. The van der Waals surface area contributed by atoms with Crippen LogP contribution in [0.1, 0.15) is 21.0 Å². The average Bonchev–Trinajstić information content (AvgIpc) is 2.66. The van der Waals surface area contributed by atoms with Crippen molar-refractivity contribution in [2.45, 2.75) is 0 Å². The molecule has 0 spiro atoms. The van der Waals surface area contributed by atoms with Crippen LogP contribution in [0.4, 0.5) is 0 Å². The zero-order chi connectivity index (χ0) is 20.0. The molecular weight excluding hydrogens is 428 g/mol. The molecule has 0 amide bonds. The maximum absolute atomic E-state index is 11.4. The number of pyridine rings is 2. The summed E-state index contributed by atoms with van der Waals surface area (Å²) in [6.07, 6.45) is 0. The standard InChI is InChI=1S/C20H11BrN2O5/c21-10-7-9-1-3-15(20(27)28)23-18(9)12(8-10)17-11-2-4-14(19(25)26)22-13(11)5-6-16(17)24/h1-8,24H,(H,25,26)(H,27,28). The number of carboxylic acids is 2. The number of aromatic carboxylic acids is 2. The summed E-state index contributed by atoms with van der Waals surface area (Å²) in [5, 5.41) is 30.2. The molecule has 0 atom stereocenters. The molecule has 3 N–H and O–H groups in total. The van der Waals surface area contributed by atoms with Gasteiger partial charge in [-0.25, -0.2) is 19.6 Å².